The van der Waals surface area contributed by atoms with E-state index in [1.54, 1.807) is 12.1 Å². The number of hydrogen-bond acceptors (Lipinski definition) is 6. The predicted molar refractivity (Wildman–Crippen MR) is 102 cm³/mol. The number of sulfonamides is 1. The summed E-state index contributed by atoms with van der Waals surface area (Å²) in [5, 5.41) is 10.8. The van der Waals surface area contributed by atoms with Crippen LogP contribution in [0.5, 0.6) is 0 Å². The highest BCUT2D eigenvalue weighted by atomic mass is 35.5. The number of carbonyl (C=O) groups excluding carboxylic acids is 1. The number of hydrogen-bond donors (Lipinski definition) is 0. The number of non-ortho nitro benzene ring substituents is 1. The van der Waals surface area contributed by atoms with Crippen molar-refractivity contribution >= 4 is 44.6 Å². The van der Waals surface area contributed by atoms with Crippen molar-refractivity contribution in [1.82, 2.24) is 9.21 Å². The second-order valence-electron chi connectivity index (χ2n) is 5.98. The summed E-state index contributed by atoms with van der Waals surface area (Å²) in [6, 6.07) is 7.02. The summed E-state index contributed by atoms with van der Waals surface area (Å²) < 4.78 is 27.0. The molecule has 0 bridgehead atoms. The number of carbonyl (C=O) groups is 1. The summed E-state index contributed by atoms with van der Waals surface area (Å²) in [6.45, 7) is 2.63. The molecule has 2 heterocycles. The molecule has 0 atom stereocenters. The van der Waals surface area contributed by atoms with Crippen LogP contribution in [0.1, 0.15) is 15.2 Å². The lowest BCUT2D eigenvalue weighted by Crippen LogP contribution is -2.50. The SMILES string of the molecule is Cc1ccc(S(=O)(=O)N2CCN(C(=O)c3ccc([N+](=O)[O-])cc3Cl)CC2)s1. The van der Waals surface area contributed by atoms with Gasteiger partial charge in [-0.1, -0.05) is 11.6 Å². The highest BCUT2D eigenvalue weighted by molar-refractivity contribution is 7.91. The number of halogens is 1. The molecule has 0 saturated carbocycles. The zero-order valence-electron chi connectivity index (χ0n) is 14.3. The molecule has 0 unspecified atom stereocenters. The topological polar surface area (TPSA) is 101 Å². The van der Waals surface area contributed by atoms with Crippen LogP contribution in [-0.2, 0) is 10.0 Å². The van der Waals surface area contributed by atoms with E-state index >= 15 is 0 Å². The minimum atomic E-state index is -3.57. The Morgan fingerprint density at radius 1 is 1.19 bits per heavy atom. The number of thiophene rings is 1. The molecule has 1 aromatic carbocycles. The molecule has 1 aliphatic rings. The van der Waals surface area contributed by atoms with Gasteiger partial charge in [-0.15, -0.1) is 11.3 Å². The molecular weight excluding hydrogens is 414 g/mol. The predicted octanol–water partition coefficient (Wildman–Crippen LogP) is 2.76. The standard InChI is InChI=1S/C16H16ClN3O5S2/c1-11-2-5-15(26-11)27(24,25)19-8-6-18(7-9-19)16(21)13-4-3-12(20(22)23)10-14(13)17/h2-5,10H,6-9H2,1H3. The van der Waals surface area contributed by atoms with E-state index in [-0.39, 0.29) is 52.6 Å². The highest BCUT2D eigenvalue weighted by Gasteiger charge is 2.32. The molecule has 0 radical (unpaired) electrons. The maximum Gasteiger partial charge on any atom is 0.270 e. The Bertz CT molecular complexity index is 997. The van der Waals surface area contributed by atoms with E-state index in [1.807, 2.05) is 6.92 Å². The maximum atomic E-state index is 12.7. The average Bonchev–Trinajstić information content (AvgIpc) is 3.08. The number of piperazine rings is 1. The van der Waals surface area contributed by atoms with Crippen molar-refractivity contribution in [2.24, 2.45) is 0 Å². The van der Waals surface area contributed by atoms with Gasteiger partial charge in [-0.3, -0.25) is 14.9 Å². The van der Waals surface area contributed by atoms with Crippen LogP contribution in [0.4, 0.5) is 5.69 Å². The summed E-state index contributed by atoms with van der Waals surface area (Å²) in [5.41, 5.74) is -0.0360. The third kappa shape index (κ3) is 3.98. The van der Waals surface area contributed by atoms with Gasteiger partial charge in [-0.2, -0.15) is 4.31 Å². The maximum absolute atomic E-state index is 12.7. The van der Waals surface area contributed by atoms with Crippen LogP contribution < -0.4 is 0 Å². The molecule has 1 aromatic heterocycles. The van der Waals surface area contributed by atoms with E-state index in [2.05, 4.69) is 0 Å². The summed E-state index contributed by atoms with van der Waals surface area (Å²) in [7, 11) is -3.57. The third-order valence-corrected chi connectivity index (χ3v) is 7.91. The zero-order chi connectivity index (χ0) is 19.8. The Balaban J connectivity index is 1.70. The van der Waals surface area contributed by atoms with Crippen LogP contribution in [0, 0.1) is 17.0 Å². The molecule has 2 aromatic rings. The van der Waals surface area contributed by atoms with Gasteiger partial charge in [0.1, 0.15) is 4.21 Å². The molecule has 27 heavy (non-hydrogen) atoms. The van der Waals surface area contributed by atoms with Gasteiger partial charge < -0.3 is 4.90 Å². The Morgan fingerprint density at radius 3 is 2.37 bits per heavy atom. The van der Waals surface area contributed by atoms with Crippen LogP contribution in [0.15, 0.2) is 34.5 Å². The molecule has 1 fully saturated rings. The molecular formula is C16H16ClN3O5S2. The summed E-state index contributed by atoms with van der Waals surface area (Å²) in [5.74, 6) is -0.376. The van der Waals surface area contributed by atoms with Crippen LogP contribution in [0.2, 0.25) is 5.02 Å². The van der Waals surface area contributed by atoms with Gasteiger partial charge in [0.15, 0.2) is 0 Å². The fraction of sp³-hybridized carbons (Fsp3) is 0.312. The Kier molecular flexibility index (Phi) is 5.52. The lowest BCUT2D eigenvalue weighted by atomic mass is 10.1. The molecule has 0 aliphatic carbocycles. The van der Waals surface area contributed by atoms with E-state index in [4.69, 9.17) is 11.6 Å². The molecule has 1 aliphatic heterocycles. The molecule has 0 spiro atoms. The van der Waals surface area contributed by atoms with Gasteiger partial charge >= 0.3 is 0 Å². The first-order valence-corrected chi connectivity index (χ1v) is 10.6. The number of amides is 1. The number of aryl methyl sites for hydroxylation is 1. The Morgan fingerprint density at radius 2 is 1.85 bits per heavy atom. The smallest absolute Gasteiger partial charge is 0.270 e. The summed E-state index contributed by atoms with van der Waals surface area (Å²) in [4.78, 5) is 25.2. The average molecular weight is 430 g/mol. The van der Waals surface area contributed by atoms with Crippen molar-refractivity contribution in [1.29, 1.82) is 0 Å². The van der Waals surface area contributed by atoms with E-state index in [0.29, 0.717) is 0 Å². The van der Waals surface area contributed by atoms with Gasteiger partial charge in [-0.05, 0) is 25.1 Å². The van der Waals surface area contributed by atoms with Crippen molar-refractivity contribution in [2.45, 2.75) is 11.1 Å². The number of nitrogens with zero attached hydrogens (tertiary/aromatic N) is 3. The minimum absolute atomic E-state index is 0.00156. The normalized spacial score (nSPS) is 15.7. The molecule has 3 rings (SSSR count). The van der Waals surface area contributed by atoms with E-state index < -0.39 is 14.9 Å². The quantitative estimate of drug-likeness (QED) is 0.549. The lowest BCUT2D eigenvalue weighted by molar-refractivity contribution is -0.384. The van der Waals surface area contributed by atoms with E-state index in [1.165, 1.54) is 32.7 Å². The minimum Gasteiger partial charge on any atom is -0.336 e. The first kappa shape index (κ1) is 19.7. The number of nitro groups is 1. The Labute approximate surface area is 165 Å². The lowest BCUT2D eigenvalue weighted by Gasteiger charge is -2.33. The van der Waals surface area contributed by atoms with Gasteiger partial charge in [0.25, 0.3) is 21.6 Å². The molecule has 8 nitrogen and oxygen atoms in total. The first-order valence-electron chi connectivity index (χ1n) is 8.00. The Hall–Kier alpha value is -2.01. The number of rotatable bonds is 4. The fourth-order valence-electron chi connectivity index (χ4n) is 2.77. The van der Waals surface area contributed by atoms with Gasteiger partial charge in [0.2, 0.25) is 0 Å². The van der Waals surface area contributed by atoms with Crippen molar-refractivity contribution in [3.8, 4) is 0 Å². The summed E-state index contributed by atoms with van der Waals surface area (Å²) in [6.07, 6.45) is 0. The molecule has 11 heteroatoms. The molecule has 0 N–H and O–H groups in total. The van der Waals surface area contributed by atoms with Crippen LogP contribution in [0.3, 0.4) is 0 Å². The van der Waals surface area contributed by atoms with Crippen molar-refractivity contribution in [3.05, 3.63) is 55.9 Å². The number of nitro benzene ring substituents is 1. The largest absolute Gasteiger partial charge is 0.336 e. The van der Waals surface area contributed by atoms with E-state index in [0.717, 1.165) is 10.9 Å². The fourth-order valence-corrected chi connectivity index (χ4v) is 5.89. The van der Waals surface area contributed by atoms with Crippen molar-refractivity contribution in [3.63, 3.8) is 0 Å². The van der Waals surface area contributed by atoms with E-state index in [9.17, 15) is 23.3 Å². The van der Waals surface area contributed by atoms with Gasteiger partial charge in [0.05, 0.1) is 15.5 Å². The highest BCUT2D eigenvalue weighted by Crippen LogP contribution is 2.27. The van der Waals surface area contributed by atoms with Crippen LogP contribution in [0.25, 0.3) is 0 Å². The van der Waals surface area contributed by atoms with Gasteiger partial charge in [0, 0.05) is 43.2 Å². The number of benzene rings is 1. The van der Waals surface area contributed by atoms with Crippen molar-refractivity contribution in [2.75, 3.05) is 26.2 Å². The molecule has 1 saturated heterocycles. The monoisotopic (exact) mass is 429 g/mol. The molecule has 144 valence electrons. The van der Waals surface area contributed by atoms with Crippen molar-refractivity contribution < 1.29 is 18.1 Å². The van der Waals surface area contributed by atoms with Gasteiger partial charge in [-0.25, -0.2) is 8.42 Å². The first-order chi connectivity index (χ1) is 12.7. The van der Waals surface area contributed by atoms with Crippen LogP contribution in [-0.4, -0.2) is 54.6 Å². The second-order valence-corrected chi connectivity index (χ2v) is 9.84. The second kappa shape index (κ2) is 7.55. The zero-order valence-corrected chi connectivity index (χ0v) is 16.7. The van der Waals surface area contributed by atoms with Crippen LogP contribution >= 0.6 is 22.9 Å². The summed E-state index contributed by atoms with van der Waals surface area (Å²) >= 11 is 7.23. The molecule has 1 amide bonds. The third-order valence-electron chi connectivity index (χ3n) is 4.23.